The van der Waals surface area contributed by atoms with Gasteiger partial charge >= 0.3 is 0 Å². The van der Waals surface area contributed by atoms with Gasteiger partial charge in [0.1, 0.15) is 10.8 Å². The van der Waals surface area contributed by atoms with E-state index < -0.39 is 0 Å². The van der Waals surface area contributed by atoms with E-state index in [1.165, 1.54) is 12.8 Å². The van der Waals surface area contributed by atoms with Crippen LogP contribution in [0.4, 0.5) is 5.82 Å². The van der Waals surface area contributed by atoms with Gasteiger partial charge in [0.2, 0.25) is 5.88 Å². The summed E-state index contributed by atoms with van der Waals surface area (Å²) >= 11 is 12.0. The monoisotopic (exact) mass is 260 g/mol. The molecule has 2 rings (SSSR count). The molecule has 0 atom stereocenters. The van der Waals surface area contributed by atoms with Gasteiger partial charge in [0.25, 0.3) is 0 Å². The lowest BCUT2D eigenvalue weighted by Gasteiger charge is -2.10. The van der Waals surface area contributed by atoms with Crippen LogP contribution >= 0.6 is 23.2 Å². The molecule has 0 aliphatic heterocycles. The smallest absolute Gasteiger partial charge is 0.234 e. The van der Waals surface area contributed by atoms with Crippen LogP contribution in [0.25, 0.3) is 0 Å². The minimum Gasteiger partial charge on any atom is -0.476 e. The molecule has 1 N–H and O–H groups in total. The highest BCUT2D eigenvalue weighted by Crippen LogP contribution is 2.33. The maximum atomic E-state index is 6.01. The van der Waals surface area contributed by atoms with Crippen LogP contribution < -0.4 is 10.1 Å². The molecule has 1 saturated carbocycles. The van der Waals surface area contributed by atoms with Gasteiger partial charge in [-0.25, -0.2) is 0 Å². The maximum absolute atomic E-state index is 6.01. The fourth-order valence-electron chi connectivity index (χ4n) is 1.32. The van der Waals surface area contributed by atoms with Crippen LogP contribution in [0.5, 0.6) is 5.88 Å². The summed E-state index contributed by atoms with van der Waals surface area (Å²) < 4.78 is 5.56. The summed E-state index contributed by atoms with van der Waals surface area (Å²) in [6.07, 6.45) is 2.48. The molecule has 0 radical (unpaired) electrons. The number of rotatable bonds is 5. The van der Waals surface area contributed by atoms with Crippen molar-refractivity contribution in [3.8, 4) is 5.88 Å². The highest BCUT2D eigenvalue weighted by molar-refractivity contribution is 6.36. The zero-order valence-electron chi connectivity index (χ0n) is 9.09. The lowest BCUT2D eigenvalue weighted by atomic mass is 10.4. The van der Waals surface area contributed by atoms with E-state index in [2.05, 4.69) is 10.3 Å². The number of nitrogens with one attached hydrogen (secondary N) is 1. The normalized spacial score (nSPS) is 14.9. The number of halogens is 2. The van der Waals surface area contributed by atoms with Crippen molar-refractivity contribution < 1.29 is 4.74 Å². The summed E-state index contributed by atoms with van der Waals surface area (Å²) in [5, 5.41) is 4.05. The average Bonchev–Trinajstić information content (AvgIpc) is 3.04. The van der Waals surface area contributed by atoms with Gasteiger partial charge < -0.3 is 10.1 Å². The van der Waals surface area contributed by atoms with Gasteiger partial charge in [-0.15, -0.1) is 0 Å². The molecule has 1 heterocycles. The molecule has 0 spiro atoms. The van der Waals surface area contributed by atoms with Crippen LogP contribution in [0, 0.1) is 5.92 Å². The maximum Gasteiger partial charge on any atom is 0.234 e. The molecule has 1 aromatic rings. The summed E-state index contributed by atoms with van der Waals surface area (Å²) in [4.78, 5) is 4.26. The minimum atomic E-state index is 0.465. The largest absolute Gasteiger partial charge is 0.476 e. The van der Waals surface area contributed by atoms with Crippen molar-refractivity contribution in [2.75, 3.05) is 18.5 Å². The lowest BCUT2D eigenvalue weighted by Crippen LogP contribution is -2.05. The van der Waals surface area contributed by atoms with E-state index in [1.54, 1.807) is 6.07 Å². The van der Waals surface area contributed by atoms with Crippen molar-refractivity contribution in [3.63, 3.8) is 0 Å². The molecular formula is C11H14Cl2N2O. The van der Waals surface area contributed by atoms with Gasteiger partial charge in [-0.05, 0) is 31.7 Å². The van der Waals surface area contributed by atoms with Gasteiger partial charge in [-0.1, -0.05) is 23.2 Å². The molecule has 0 unspecified atom stereocenters. The molecule has 1 aliphatic carbocycles. The van der Waals surface area contributed by atoms with E-state index >= 15 is 0 Å². The molecule has 88 valence electrons. The summed E-state index contributed by atoms with van der Waals surface area (Å²) in [6.45, 7) is 3.44. The highest BCUT2D eigenvalue weighted by atomic mass is 35.5. The zero-order chi connectivity index (χ0) is 11.5. The van der Waals surface area contributed by atoms with Crippen molar-refractivity contribution >= 4 is 29.0 Å². The molecule has 1 fully saturated rings. The van der Waals surface area contributed by atoms with Crippen molar-refractivity contribution in [3.05, 3.63) is 16.1 Å². The number of pyridine rings is 1. The summed E-state index contributed by atoms with van der Waals surface area (Å²) in [7, 11) is 0. The predicted octanol–water partition coefficient (Wildman–Crippen LogP) is 3.61. The fraction of sp³-hybridized carbons (Fsp3) is 0.545. The second-order valence-corrected chi connectivity index (χ2v) is 4.70. The third-order valence-corrected chi connectivity index (χ3v) is 2.95. The Morgan fingerprint density at radius 1 is 1.44 bits per heavy atom. The fourth-order valence-corrected chi connectivity index (χ4v) is 1.80. The van der Waals surface area contributed by atoms with Gasteiger partial charge in [0, 0.05) is 6.54 Å². The van der Waals surface area contributed by atoms with E-state index in [9.17, 15) is 0 Å². The third kappa shape index (κ3) is 2.92. The molecule has 5 heteroatoms. The molecule has 0 bridgehead atoms. The minimum absolute atomic E-state index is 0.465. The Labute approximate surface area is 105 Å². The number of hydrogen-bond donors (Lipinski definition) is 1. The first-order chi connectivity index (χ1) is 7.70. The van der Waals surface area contributed by atoms with E-state index in [0.29, 0.717) is 34.3 Å². The Bertz CT molecular complexity index is 380. The topological polar surface area (TPSA) is 34.2 Å². The highest BCUT2D eigenvalue weighted by Gasteiger charge is 2.23. The number of nitrogens with zero attached hydrogens (tertiary/aromatic N) is 1. The second kappa shape index (κ2) is 5.11. The number of hydrogen-bond acceptors (Lipinski definition) is 3. The van der Waals surface area contributed by atoms with Gasteiger partial charge in [0.15, 0.2) is 0 Å². The Morgan fingerprint density at radius 2 is 2.19 bits per heavy atom. The van der Waals surface area contributed by atoms with E-state index in [1.807, 2.05) is 6.92 Å². The van der Waals surface area contributed by atoms with Crippen molar-refractivity contribution in [1.82, 2.24) is 4.98 Å². The van der Waals surface area contributed by atoms with Crippen molar-refractivity contribution in [1.29, 1.82) is 0 Å². The van der Waals surface area contributed by atoms with Crippen LogP contribution in [-0.2, 0) is 0 Å². The molecule has 1 aromatic heterocycles. The SMILES string of the molecule is CCNc1nc(OCC2CC2)c(Cl)cc1Cl. The Kier molecular flexibility index (Phi) is 3.77. The summed E-state index contributed by atoms with van der Waals surface area (Å²) in [5.74, 6) is 1.77. The molecular weight excluding hydrogens is 247 g/mol. The first-order valence-corrected chi connectivity index (χ1v) is 6.19. The number of ether oxygens (including phenoxy) is 1. The number of aromatic nitrogens is 1. The van der Waals surface area contributed by atoms with Crippen LogP contribution in [0.2, 0.25) is 10.0 Å². The lowest BCUT2D eigenvalue weighted by molar-refractivity contribution is 0.289. The Balaban J connectivity index is 2.11. The molecule has 16 heavy (non-hydrogen) atoms. The Hall–Kier alpha value is -0.670. The molecule has 1 aliphatic rings. The van der Waals surface area contributed by atoms with Crippen LogP contribution in [0.1, 0.15) is 19.8 Å². The van der Waals surface area contributed by atoms with Crippen molar-refractivity contribution in [2.45, 2.75) is 19.8 Å². The van der Waals surface area contributed by atoms with Crippen LogP contribution in [0.3, 0.4) is 0 Å². The van der Waals surface area contributed by atoms with Gasteiger partial charge in [0.05, 0.1) is 11.6 Å². The first-order valence-electron chi connectivity index (χ1n) is 5.43. The van der Waals surface area contributed by atoms with Gasteiger partial charge in [-0.3, -0.25) is 0 Å². The summed E-state index contributed by atoms with van der Waals surface area (Å²) in [5.41, 5.74) is 0. The van der Waals surface area contributed by atoms with Gasteiger partial charge in [-0.2, -0.15) is 4.98 Å². The second-order valence-electron chi connectivity index (χ2n) is 3.89. The van der Waals surface area contributed by atoms with E-state index in [0.717, 1.165) is 6.54 Å². The predicted molar refractivity (Wildman–Crippen MR) is 66.6 cm³/mol. The van der Waals surface area contributed by atoms with Crippen LogP contribution in [-0.4, -0.2) is 18.1 Å². The zero-order valence-corrected chi connectivity index (χ0v) is 10.6. The average molecular weight is 261 g/mol. The Morgan fingerprint density at radius 3 is 2.81 bits per heavy atom. The van der Waals surface area contributed by atoms with E-state index in [-0.39, 0.29) is 0 Å². The quantitative estimate of drug-likeness (QED) is 0.879. The molecule has 0 saturated heterocycles. The molecule has 0 amide bonds. The third-order valence-electron chi connectivity index (χ3n) is 2.39. The molecule has 3 nitrogen and oxygen atoms in total. The van der Waals surface area contributed by atoms with Crippen LogP contribution in [0.15, 0.2) is 6.07 Å². The van der Waals surface area contributed by atoms with Crippen molar-refractivity contribution in [2.24, 2.45) is 5.92 Å². The first kappa shape index (κ1) is 11.8. The van der Waals surface area contributed by atoms with E-state index in [4.69, 9.17) is 27.9 Å². The molecule has 0 aromatic carbocycles. The number of anilines is 1. The standard InChI is InChI=1S/C11H14Cl2N2O/c1-2-14-10-8(12)5-9(13)11(15-10)16-6-7-3-4-7/h5,7H,2-4,6H2,1H3,(H,14,15). The summed E-state index contributed by atoms with van der Waals surface area (Å²) in [6, 6.07) is 1.66.